The Hall–Kier alpha value is -0.0400. The molecule has 1 nitrogen and oxygen atoms in total. The topological polar surface area (TPSA) is 12.0 Å². The molecular weight excluding hydrogens is 182 g/mol. The van der Waals surface area contributed by atoms with Crippen molar-refractivity contribution in [3.63, 3.8) is 0 Å². The fraction of sp³-hybridized carbons (Fsp3) is 1.00. The molecule has 0 aliphatic heterocycles. The maximum atomic E-state index is 3.77. The van der Waals surface area contributed by atoms with Crippen LogP contribution in [0, 0.1) is 11.8 Å². The van der Waals surface area contributed by atoms with Crippen molar-refractivity contribution in [1.29, 1.82) is 0 Å². The van der Waals surface area contributed by atoms with E-state index < -0.39 is 0 Å². The lowest BCUT2D eigenvalue weighted by Gasteiger charge is -2.32. The van der Waals surface area contributed by atoms with Crippen molar-refractivity contribution in [2.75, 3.05) is 0 Å². The van der Waals surface area contributed by atoms with Crippen LogP contribution in [-0.4, -0.2) is 12.1 Å². The molecule has 1 aliphatic carbocycles. The molecule has 0 amide bonds. The molecule has 0 aromatic heterocycles. The van der Waals surface area contributed by atoms with E-state index in [0.29, 0.717) is 6.04 Å². The van der Waals surface area contributed by atoms with E-state index in [2.05, 4.69) is 33.0 Å². The molecule has 1 fully saturated rings. The van der Waals surface area contributed by atoms with Crippen LogP contribution in [0.1, 0.15) is 66.2 Å². The fourth-order valence-electron chi connectivity index (χ4n) is 2.84. The zero-order valence-corrected chi connectivity index (χ0v) is 11.1. The van der Waals surface area contributed by atoms with Crippen molar-refractivity contribution in [1.82, 2.24) is 5.32 Å². The summed E-state index contributed by atoms with van der Waals surface area (Å²) in [5.74, 6) is 1.86. The van der Waals surface area contributed by atoms with Crippen LogP contribution in [0.3, 0.4) is 0 Å². The molecule has 1 rings (SSSR count). The van der Waals surface area contributed by atoms with Crippen molar-refractivity contribution in [3.8, 4) is 0 Å². The third-order valence-electron chi connectivity index (χ3n) is 3.72. The smallest absolute Gasteiger partial charge is 0.00721 e. The van der Waals surface area contributed by atoms with Crippen LogP contribution in [-0.2, 0) is 0 Å². The average Bonchev–Trinajstić information content (AvgIpc) is 2.17. The minimum atomic E-state index is 0.702. The Kier molecular flexibility index (Phi) is 5.66. The maximum Gasteiger partial charge on any atom is 0.00721 e. The third-order valence-corrected chi connectivity index (χ3v) is 3.72. The molecule has 3 atom stereocenters. The molecule has 0 heterocycles. The van der Waals surface area contributed by atoms with Crippen molar-refractivity contribution >= 4 is 0 Å². The van der Waals surface area contributed by atoms with Gasteiger partial charge in [-0.2, -0.15) is 0 Å². The van der Waals surface area contributed by atoms with Gasteiger partial charge in [-0.25, -0.2) is 0 Å². The van der Waals surface area contributed by atoms with Gasteiger partial charge in [0.15, 0.2) is 0 Å². The predicted octanol–water partition coefficient (Wildman–Crippen LogP) is 3.98. The summed E-state index contributed by atoms with van der Waals surface area (Å²) in [6, 6.07) is 1.50. The lowest BCUT2D eigenvalue weighted by atomic mass is 9.81. The van der Waals surface area contributed by atoms with E-state index in [1.165, 1.54) is 38.5 Å². The van der Waals surface area contributed by atoms with Gasteiger partial charge in [-0.15, -0.1) is 0 Å². The highest BCUT2D eigenvalue weighted by atomic mass is 14.9. The van der Waals surface area contributed by atoms with Crippen molar-refractivity contribution in [2.24, 2.45) is 11.8 Å². The van der Waals surface area contributed by atoms with Crippen LogP contribution in [0.5, 0.6) is 0 Å². The molecule has 1 heteroatoms. The monoisotopic (exact) mass is 211 g/mol. The van der Waals surface area contributed by atoms with Gasteiger partial charge in [0.1, 0.15) is 0 Å². The molecule has 3 unspecified atom stereocenters. The van der Waals surface area contributed by atoms with Crippen LogP contribution in [0.15, 0.2) is 0 Å². The molecule has 0 spiro atoms. The number of rotatable bonds is 5. The second-order valence-electron chi connectivity index (χ2n) is 5.84. The highest BCUT2D eigenvalue weighted by molar-refractivity contribution is 4.80. The molecule has 0 radical (unpaired) electrons. The number of hydrogen-bond donors (Lipinski definition) is 1. The molecule has 0 aromatic carbocycles. The van der Waals surface area contributed by atoms with E-state index in [0.717, 1.165) is 17.9 Å². The summed E-state index contributed by atoms with van der Waals surface area (Å²) in [5.41, 5.74) is 0. The van der Waals surface area contributed by atoms with E-state index in [4.69, 9.17) is 0 Å². The first-order chi connectivity index (χ1) is 7.11. The molecule has 1 saturated carbocycles. The Morgan fingerprint density at radius 3 is 2.53 bits per heavy atom. The quantitative estimate of drug-likeness (QED) is 0.725. The summed E-state index contributed by atoms with van der Waals surface area (Å²) < 4.78 is 0. The summed E-state index contributed by atoms with van der Waals surface area (Å²) >= 11 is 0. The minimum absolute atomic E-state index is 0.702. The molecule has 1 N–H and O–H groups in total. The van der Waals surface area contributed by atoms with Gasteiger partial charge in [-0.1, -0.05) is 33.6 Å². The normalized spacial score (nSPS) is 29.4. The first kappa shape index (κ1) is 13.0. The molecule has 90 valence electrons. The van der Waals surface area contributed by atoms with Gasteiger partial charge in [0.25, 0.3) is 0 Å². The Bertz CT molecular complexity index is 165. The van der Waals surface area contributed by atoms with E-state index in [9.17, 15) is 0 Å². The van der Waals surface area contributed by atoms with Crippen molar-refractivity contribution in [2.45, 2.75) is 78.3 Å². The minimum Gasteiger partial charge on any atom is -0.312 e. The van der Waals surface area contributed by atoms with Gasteiger partial charge in [0.05, 0.1) is 0 Å². The van der Waals surface area contributed by atoms with Crippen LogP contribution in [0.25, 0.3) is 0 Å². The zero-order valence-electron chi connectivity index (χ0n) is 11.1. The SMILES string of the molecule is CCC(C)NC1CCCC(CC(C)C)C1. The first-order valence-corrected chi connectivity index (χ1v) is 6.87. The summed E-state index contributed by atoms with van der Waals surface area (Å²) in [7, 11) is 0. The van der Waals surface area contributed by atoms with Gasteiger partial charge >= 0.3 is 0 Å². The van der Waals surface area contributed by atoms with Gasteiger partial charge in [-0.05, 0) is 44.4 Å². The average molecular weight is 211 g/mol. The molecule has 1 aliphatic rings. The van der Waals surface area contributed by atoms with Gasteiger partial charge in [0.2, 0.25) is 0 Å². The van der Waals surface area contributed by atoms with E-state index in [1.54, 1.807) is 0 Å². The van der Waals surface area contributed by atoms with Gasteiger partial charge in [-0.3, -0.25) is 0 Å². The maximum absolute atomic E-state index is 3.77. The van der Waals surface area contributed by atoms with Crippen molar-refractivity contribution < 1.29 is 0 Å². The summed E-state index contributed by atoms with van der Waals surface area (Å²) in [5, 5.41) is 3.77. The van der Waals surface area contributed by atoms with Gasteiger partial charge < -0.3 is 5.32 Å². The third kappa shape index (κ3) is 5.01. The highest BCUT2D eigenvalue weighted by Crippen LogP contribution is 2.29. The first-order valence-electron chi connectivity index (χ1n) is 6.87. The predicted molar refractivity (Wildman–Crippen MR) is 68.1 cm³/mol. The van der Waals surface area contributed by atoms with Crippen LogP contribution >= 0.6 is 0 Å². The standard InChI is InChI=1S/C14H29N/c1-5-12(4)15-14-8-6-7-13(10-14)9-11(2)3/h11-15H,5-10H2,1-4H3. The molecule has 0 saturated heterocycles. The van der Waals surface area contributed by atoms with E-state index in [-0.39, 0.29) is 0 Å². The molecule has 0 bridgehead atoms. The second-order valence-corrected chi connectivity index (χ2v) is 5.84. The molecule has 0 aromatic rings. The van der Waals surface area contributed by atoms with Crippen molar-refractivity contribution in [3.05, 3.63) is 0 Å². The molecule has 15 heavy (non-hydrogen) atoms. The van der Waals surface area contributed by atoms with Crippen LogP contribution in [0.2, 0.25) is 0 Å². The second kappa shape index (κ2) is 6.52. The fourth-order valence-corrected chi connectivity index (χ4v) is 2.84. The number of hydrogen-bond acceptors (Lipinski definition) is 1. The van der Waals surface area contributed by atoms with E-state index in [1.807, 2.05) is 0 Å². The Labute approximate surface area is 96.0 Å². The molecular formula is C14H29N. The van der Waals surface area contributed by atoms with Gasteiger partial charge in [0, 0.05) is 12.1 Å². The Morgan fingerprint density at radius 1 is 1.20 bits per heavy atom. The van der Waals surface area contributed by atoms with E-state index >= 15 is 0 Å². The Balaban J connectivity index is 2.28. The summed E-state index contributed by atoms with van der Waals surface area (Å²) in [6.45, 7) is 9.29. The Morgan fingerprint density at radius 2 is 1.93 bits per heavy atom. The lowest BCUT2D eigenvalue weighted by Crippen LogP contribution is -2.39. The highest BCUT2D eigenvalue weighted by Gasteiger charge is 2.22. The largest absolute Gasteiger partial charge is 0.312 e. The van der Waals surface area contributed by atoms with Crippen LogP contribution < -0.4 is 5.32 Å². The summed E-state index contributed by atoms with van der Waals surface area (Å²) in [4.78, 5) is 0. The number of nitrogens with one attached hydrogen (secondary N) is 1. The summed E-state index contributed by atoms with van der Waals surface area (Å²) in [6.07, 6.45) is 8.41. The lowest BCUT2D eigenvalue weighted by molar-refractivity contribution is 0.241. The van der Waals surface area contributed by atoms with Crippen LogP contribution in [0.4, 0.5) is 0 Å². The zero-order chi connectivity index (χ0) is 11.3.